The summed E-state index contributed by atoms with van der Waals surface area (Å²) in [6.45, 7) is 6.31. The summed E-state index contributed by atoms with van der Waals surface area (Å²) in [7, 11) is 0.438. The van der Waals surface area contributed by atoms with Crippen molar-refractivity contribution in [2.24, 2.45) is 0 Å². The summed E-state index contributed by atoms with van der Waals surface area (Å²) in [6, 6.07) is 0. The lowest BCUT2D eigenvalue weighted by atomic mass is 11.5. The molecule has 1 unspecified atom stereocenters. The lowest BCUT2D eigenvalue weighted by Gasteiger charge is -2.26. The van der Waals surface area contributed by atoms with Crippen LogP contribution in [0.15, 0.2) is 0 Å². The van der Waals surface area contributed by atoms with Crippen LogP contribution < -0.4 is 0 Å². The van der Waals surface area contributed by atoms with Gasteiger partial charge in [-0.15, -0.1) is 0 Å². The van der Waals surface area contributed by atoms with Gasteiger partial charge >= 0.3 is 8.56 Å². The van der Waals surface area contributed by atoms with Crippen LogP contribution >= 0.6 is 0 Å². The maximum absolute atomic E-state index is 5.76. The molecule has 0 saturated carbocycles. The largest absolute Gasteiger partial charge is 0.438 e. The van der Waals surface area contributed by atoms with Gasteiger partial charge in [-0.05, 0) is 19.6 Å². The second kappa shape index (κ2) is 5.05. The van der Waals surface area contributed by atoms with Crippen molar-refractivity contribution in [3.63, 3.8) is 0 Å². The van der Waals surface area contributed by atoms with Crippen molar-refractivity contribution in [1.82, 2.24) is 0 Å². The summed E-state index contributed by atoms with van der Waals surface area (Å²) in [5, 5.41) is 0. The van der Waals surface area contributed by atoms with Crippen LogP contribution in [0.1, 0.15) is 0 Å². The van der Waals surface area contributed by atoms with Crippen molar-refractivity contribution in [1.29, 1.82) is 0 Å². The van der Waals surface area contributed by atoms with Crippen LogP contribution in [0.3, 0.4) is 0 Å². The minimum atomic E-state index is -1.95. The van der Waals surface area contributed by atoms with Crippen molar-refractivity contribution in [3.8, 4) is 0 Å². The first-order valence-electron chi connectivity index (χ1n) is 3.76. The van der Waals surface area contributed by atoms with E-state index in [1.54, 1.807) is 14.2 Å². The van der Waals surface area contributed by atoms with Gasteiger partial charge in [-0.3, -0.25) is 0 Å². The first kappa shape index (κ1) is 11.3. The second-order valence-electron chi connectivity index (χ2n) is 2.94. The molecule has 0 N–H and O–H groups in total. The van der Waals surface area contributed by atoms with Gasteiger partial charge in [0.05, 0.1) is 6.23 Å². The fraction of sp³-hybridized carbons (Fsp3) is 1.00. The predicted molar refractivity (Wildman–Crippen MR) is 50.5 cm³/mol. The van der Waals surface area contributed by atoms with Crippen LogP contribution in [0.2, 0.25) is 19.6 Å². The molecule has 0 spiro atoms. The number of hydrogen-bond donors (Lipinski definition) is 0. The molecule has 0 amide bonds. The van der Waals surface area contributed by atoms with Gasteiger partial charge in [0, 0.05) is 14.2 Å². The maximum atomic E-state index is 5.76. The minimum absolute atomic E-state index is 0.620. The minimum Gasteiger partial charge on any atom is -0.438 e. The Balaban J connectivity index is 3.87. The summed E-state index contributed by atoms with van der Waals surface area (Å²) in [4.78, 5) is 0. The van der Waals surface area contributed by atoms with Crippen LogP contribution in [-0.2, 0) is 13.3 Å². The molecule has 0 bridgehead atoms. The first-order valence-corrected chi connectivity index (χ1v) is 9.06. The van der Waals surface area contributed by atoms with Gasteiger partial charge in [0.1, 0.15) is 0 Å². The normalized spacial score (nSPS) is 16.9. The fourth-order valence-electron chi connectivity index (χ4n) is 0.902. The van der Waals surface area contributed by atoms with Gasteiger partial charge in [-0.1, -0.05) is 0 Å². The second-order valence-corrected chi connectivity index (χ2v) is 8.94. The topological polar surface area (TPSA) is 27.7 Å². The van der Waals surface area contributed by atoms with E-state index < -0.39 is 17.6 Å². The van der Waals surface area contributed by atoms with Crippen LogP contribution in [0.5, 0.6) is 0 Å². The van der Waals surface area contributed by atoms with Gasteiger partial charge in [-0.2, -0.15) is 0 Å². The Morgan fingerprint density at radius 3 is 2.09 bits per heavy atom. The Morgan fingerprint density at radius 2 is 1.82 bits per heavy atom. The molecule has 3 nitrogen and oxygen atoms in total. The fourth-order valence-corrected chi connectivity index (χ4v) is 6.19. The summed E-state index contributed by atoms with van der Waals surface area (Å²) < 4.78 is 16.1. The van der Waals surface area contributed by atoms with Crippen LogP contribution in [0, 0.1) is 0 Å². The molecule has 11 heavy (non-hydrogen) atoms. The highest BCUT2D eigenvalue weighted by Crippen LogP contribution is 2.07. The Kier molecular flexibility index (Phi) is 5.19. The lowest BCUT2D eigenvalue weighted by Crippen LogP contribution is -2.46. The quantitative estimate of drug-likeness (QED) is 0.608. The Bertz CT molecular complexity index is 110. The Hall–Kier alpha value is 0.314. The zero-order valence-corrected chi connectivity index (χ0v) is 10.2. The van der Waals surface area contributed by atoms with Gasteiger partial charge in [-0.25, -0.2) is 0 Å². The van der Waals surface area contributed by atoms with E-state index in [0.717, 1.165) is 0 Å². The monoisotopic (exact) mass is 194 g/mol. The van der Waals surface area contributed by atoms with Gasteiger partial charge in [0.2, 0.25) is 0 Å². The molecular formula is C6H18O3Si2. The highest BCUT2D eigenvalue weighted by Gasteiger charge is 2.30. The van der Waals surface area contributed by atoms with E-state index >= 15 is 0 Å². The molecule has 5 heteroatoms. The number of ether oxygens (including phenoxy) is 1. The van der Waals surface area contributed by atoms with E-state index in [9.17, 15) is 0 Å². The third kappa shape index (κ3) is 4.70. The molecule has 0 rings (SSSR count). The molecule has 0 heterocycles. The van der Waals surface area contributed by atoms with Crippen molar-refractivity contribution >= 4 is 17.6 Å². The molecular weight excluding hydrogens is 176 g/mol. The van der Waals surface area contributed by atoms with E-state index in [-0.39, 0.29) is 0 Å². The summed E-state index contributed by atoms with van der Waals surface area (Å²) in [5.41, 5.74) is 0. The summed E-state index contributed by atoms with van der Waals surface area (Å²) >= 11 is 0. The molecule has 0 aliphatic rings. The van der Waals surface area contributed by atoms with Gasteiger partial charge in [0.15, 0.2) is 9.04 Å². The highest BCUT2D eigenvalue weighted by atomic mass is 28.4. The van der Waals surface area contributed by atoms with E-state index in [1.165, 1.54) is 0 Å². The zero-order chi connectivity index (χ0) is 8.91. The van der Waals surface area contributed by atoms with Crippen molar-refractivity contribution in [2.75, 3.05) is 20.4 Å². The predicted octanol–water partition coefficient (Wildman–Crippen LogP) is 0.890. The van der Waals surface area contributed by atoms with Crippen LogP contribution in [0.4, 0.5) is 0 Å². The van der Waals surface area contributed by atoms with Crippen LogP contribution in [-0.4, -0.2) is 38.1 Å². The van der Waals surface area contributed by atoms with Gasteiger partial charge < -0.3 is 13.3 Å². The number of hydrogen-bond acceptors (Lipinski definition) is 3. The Morgan fingerprint density at radius 1 is 1.27 bits per heavy atom. The molecule has 0 saturated heterocycles. The smallest absolute Gasteiger partial charge is 0.350 e. The van der Waals surface area contributed by atoms with Crippen molar-refractivity contribution in [2.45, 2.75) is 19.6 Å². The highest BCUT2D eigenvalue weighted by molar-refractivity contribution is 6.73. The third-order valence-electron chi connectivity index (χ3n) is 1.32. The van der Waals surface area contributed by atoms with E-state index in [4.69, 9.17) is 13.3 Å². The lowest BCUT2D eigenvalue weighted by molar-refractivity contribution is 0.191. The third-order valence-corrected chi connectivity index (χ3v) is 6.88. The molecule has 0 aromatic rings. The number of methoxy groups -OCH3 is 1. The Labute approximate surface area is 71.6 Å². The first-order chi connectivity index (χ1) is 5.04. The molecule has 0 aliphatic heterocycles. The number of rotatable bonds is 5. The van der Waals surface area contributed by atoms with Crippen LogP contribution in [0.25, 0.3) is 0 Å². The maximum Gasteiger partial charge on any atom is 0.350 e. The molecule has 68 valence electrons. The van der Waals surface area contributed by atoms with Gasteiger partial charge in [0.25, 0.3) is 0 Å². The molecule has 0 aliphatic carbocycles. The average Bonchev–Trinajstić information content (AvgIpc) is 1.87. The average molecular weight is 194 g/mol. The molecule has 0 aromatic heterocycles. The standard InChI is InChI=1S/C6H18O3Si2/c1-7-6-11(5,8-2)9-10(3)4/h10H,6H2,1-5H3. The molecule has 1 atom stereocenters. The van der Waals surface area contributed by atoms with Crippen molar-refractivity contribution in [3.05, 3.63) is 0 Å². The van der Waals surface area contributed by atoms with E-state index in [1.807, 2.05) is 6.55 Å². The molecule has 0 radical (unpaired) electrons. The molecule has 0 fully saturated rings. The van der Waals surface area contributed by atoms with E-state index in [2.05, 4.69) is 13.1 Å². The summed E-state index contributed by atoms with van der Waals surface area (Å²) in [5.74, 6) is 0. The van der Waals surface area contributed by atoms with E-state index in [0.29, 0.717) is 6.23 Å². The summed E-state index contributed by atoms with van der Waals surface area (Å²) in [6.07, 6.45) is 0.620. The SMILES string of the molecule is COC[Si](C)(OC)O[SiH](C)C. The van der Waals surface area contributed by atoms with Crippen molar-refractivity contribution < 1.29 is 13.3 Å². The molecule has 0 aromatic carbocycles. The zero-order valence-electron chi connectivity index (χ0n) is 8.01.